The van der Waals surface area contributed by atoms with Crippen LogP contribution in [0.15, 0.2) is 40.9 Å². The number of carbonyl (C=O) groups excluding carboxylic acids is 3. The third kappa shape index (κ3) is 3.37. The van der Waals surface area contributed by atoms with Crippen LogP contribution < -0.4 is 0 Å². The van der Waals surface area contributed by atoms with Gasteiger partial charge in [-0.2, -0.15) is 0 Å². The summed E-state index contributed by atoms with van der Waals surface area (Å²) in [5, 5.41) is 0. The van der Waals surface area contributed by atoms with E-state index in [0.29, 0.717) is 12.8 Å². The Balaban J connectivity index is 1.56. The Hall–Kier alpha value is -1.95. The molecule has 1 heterocycles. The highest BCUT2D eigenvalue weighted by molar-refractivity contribution is 9.10. The number of rotatable bonds is 4. The number of benzene rings is 1. The highest BCUT2D eigenvalue weighted by Gasteiger charge is 2.47. The van der Waals surface area contributed by atoms with E-state index in [0.717, 1.165) is 14.9 Å². The van der Waals surface area contributed by atoms with Crippen LogP contribution in [0.1, 0.15) is 18.4 Å². The standard InChI is InChI=1S/C17H16BrNO4/c18-12-7-5-11(6-8-12)10-23-15(20)9-19-16(21)13-3-1-2-4-14(13)17(19)22/h1-2,5-8,13-14H,3-4,9-10H2/t13-,14+. The Morgan fingerprint density at radius 1 is 1.09 bits per heavy atom. The van der Waals surface area contributed by atoms with Crippen molar-refractivity contribution in [3.63, 3.8) is 0 Å². The molecule has 1 saturated heterocycles. The van der Waals surface area contributed by atoms with E-state index >= 15 is 0 Å². The largest absolute Gasteiger partial charge is 0.459 e. The molecule has 0 radical (unpaired) electrons. The Kier molecular flexibility index (Phi) is 4.61. The number of halogens is 1. The van der Waals surface area contributed by atoms with E-state index in [1.807, 2.05) is 36.4 Å². The van der Waals surface area contributed by atoms with Crippen LogP contribution in [0.4, 0.5) is 0 Å². The molecule has 6 heteroatoms. The van der Waals surface area contributed by atoms with Gasteiger partial charge in [-0.05, 0) is 30.5 Å². The normalized spacial score (nSPS) is 23.1. The molecule has 5 nitrogen and oxygen atoms in total. The van der Waals surface area contributed by atoms with Gasteiger partial charge in [0, 0.05) is 4.47 Å². The molecule has 2 atom stereocenters. The second-order valence-electron chi connectivity index (χ2n) is 5.71. The minimum absolute atomic E-state index is 0.122. The number of hydrogen-bond donors (Lipinski definition) is 0. The maximum absolute atomic E-state index is 12.3. The van der Waals surface area contributed by atoms with Crippen molar-refractivity contribution >= 4 is 33.7 Å². The third-order valence-electron chi connectivity index (χ3n) is 4.20. The summed E-state index contributed by atoms with van der Waals surface area (Å²) in [4.78, 5) is 37.5. The van der Waals surface area contributed by atoms with E-state index < -0.39 is 5.97 Å². The SMILES string of the molecule is O=C(CN1C(=O)[C@H]2CC=CC[C@H]2C1=O)OCc1ccc(Br)cc1. The fourth-order valence-electron chi connectivity index (χ4n) is 2.94. The lowest BCUT2D eigenvalue weighted by atomic mass is 9.85. The lowest BCUT2D eigenvalue weighted by molar-refractivity contribution is -0.153. The summed E-state index contributed by atoms with van der Waals surface area (Å²) in [5.41, 5.74) is 0.846. The smallest absolute Gasteiger partial charge is 0.326 e. The fraction of sp³-hybridized carbons (Fsp3) is 0.353. The maximum atomic E-state index is 12.3. The van der Waals surface area contributed by atoms with Crippen molar-refractivity contribution in [2.24, 2.45) is 11.8 Å². The van der Waals surface area contributed by atoms with Crippen molar-refractivity contribution in [1.29, 1.82) is 0 Å². The van der Waals surface area contributed by atoms with E-state index in [1.54, 1.807) is 0 Å². The Labute approximate surface area is 142 Å². The monoisotopic (exact) mass is 377 g/mol. The molecule has 2 aliphatic rings. The van der Waals surface area contributed by atoms with Crippen molar-refractivity contribution in [3.8, 4) is 0 Å². The number of nitrogens with zero attached hydrogens (tertiary/aromatic N) is 1. The topological polar surface area (TPSA) is 63.7 Å². The number of amides is 2. The Morgan fingerprint density at radius 2 is 1.65 bits per heavy atom. The van der Waals surface area contributed by atoms with Crippen LogP contribution in [-0.2, 0) is 25.7 Å². The van der Waals surface area contributed by atoms with Gasteiger partial charge in [0.15, 0.2) is 0 Å². The first kappa shape index (κ1) is 15.9. The minimum Gasteiger partial charge on any atom is -0.459 e. The molecule has 0 unspecified atom stereocenters. The number of fused-ring (bicyclic) bond motifs is 1. The molecule has 0 N–H and O–H groups in total. The van der Waals surface area contributed by atoms with Gasteiger partial charge in [-0.3, -0.25) is 19.3 Å². The Bertz CT molecular complexity index is 642. The zero-order valence-electron chi connectivity index (χ0n) is 12.4. The molecule has 2 amide bonds. The predicted octanol–water partition coefficient (Wildman–Crippen LogP) is 2.44. The van der Waals surface area contributed by atoms with E-state index in [-0.39, 0.29) is 36.8 Å². The van der Waals surface area contributed by atoms with Crippen LogP contribution in [0.5, 0.6) is 0 Å². The number of ether oxygens (including phenoxy) is 1. The minimum atomic E-state index is -0.568. The lowest BCUT2D eigenvalue weighted by Crippen LogP contribution is -2.36. The van der Waals surface area contributed by atoms with Crippen molar-refractivity contribution < 1.29 is 19.1 Å². The molecule has 0 bridgehead atoms. The van der Waals surface area contributed by atoms with Gasteiger partial charge in [-0.1, -0.05) is 40.2 Å². The molecule has 1 fully saturated rings. The number of hydrogen-bond acceptors (Lipinski definition) is 4. The van der Waals surface area contributed by atoms with Crippen LogP contribution in [0.3, 0.4) is 0 Å². The average molecular weight is 378 g/mol. The van der Waals surface area contributed by atoms with Crippen LogP contribution in [0, 0.1) is 11.8 Å². The summed E-state index contributed by atoms with van der Waals surface area (Å²) >= 11 is 3.33. The fourth-order valence-corrected chi connectivity index (χ4v) is 3.21. The van der Waals surface area contributed by atoms with Crippen LogP contribution >= 0.6 is 15.9 Å². The van der Waals surface area contributed by atoms with Gasteiger partial charge >= 0.3 is 5.97 Å². The summed E-state index contributed by atoms with van der Waals surface area (Å²) in [6.45, 7) is -0.183. The predicted molar refractivity (Wildman–Crippen MR) is 86.0 cm³/mol. The van der Waals surface area contributed by atoms with Gasteiger partial charge in [0.25, 0.3) is 0 Å². The zero-order valence-corrected chi connectivity index (χ0v) is 14.0. The van der Waals surface area contributed by atoms with Crippen LogP contribution in [-0.4, -0.2) is 29.2 Å². The summed E-state index contributed by atoms with van der Waals surface area (Å²) < 4.78 is 6.11. The number of likely N-dealkylation sites (tertiary alicyclic amines) is 1. The van der Waals surface area contributed by atoms with Crippen molar-refractivity contribution in [3.05, 3.63) is 46.5 Å². The molecular formula is C17H16BrNO4. The summed E-state index contributed by atoms with van der Waals surface area (Å²) in [6.07, 6.45) is 4.97. The van der Waals surface area contributed by atoms with Crippen LogP contribution in [0.2, 0.25) is 0 Å². The maximum Gasteiger partial charge on any atom is 0.326 e. The summed E-state index contributed by atoms with van der Waals surface area (Å²) in [7, 11) is 0. The molecule has 120 valence electrons. The van der Waals surface area contributed by atoms with Crippen molar-refractivity contribution in [1.82, 2.24) is 4.90 Å². The first-order chi connectivity index (χ1) is 11.1. The van der Waals surface area contributed by atoms with Crippen molar-refractivity contribution in [2.45, 2.75) is 19.4 Å². The Morgan fingerprint density at radius 3 is 2.22 bits per heavy atom. The van der Waals surface area contributed by atoms with E-state index in [9.17, 15) is 14.4 Å². The molecule has 0 aromatic heterocycles. The number of carbonyl (C=O) groups is 3. The van der Waals surface area contributed by atoms with E-state index in [4.69, 9.17) is 4.74 Å². The molecule has 1 aromatic carbocycles. The first-order valence-electron chi connectivity index (χ1n) is 7.46. The van der Waals surface area contributed by atoms with Gasteiger partial charge in [0.2, 0.25) is 11.8 Å². The number of esters is 1. The van der Waals surface area contributed by atoms with Crippen molar-refractivity contribution in [2.75, 3.05) is 6.54 Å². The second-order valence-corrected chi connectivity index (χ2v) is 6.62. The molecule has 3 rings (SSSR count). The highest BCUT2D eigenvalue weighted by Crippen LogP contribution is 2.34. The van der Waals surface area contributed by atoms with Gasteiger partial charge in [0.05, 0.1) is 11.8 Å². The molecule has 1 aliphatic heterocycles. The lowest BCUT2D eigenvalue weighted by Gasteiger charge is -2.14. The molecular weight excluding hydrogens is 362 g/mol. The van der Waals surface area contributed by atoms with E-state index in [2.05, 4.69) is 15.9 Å². The third-order valence-corrected chi connectivity index (χ3v) is 4.73. The molecule has 0 saturated carbocycles. The molecule has 1 aromatic rings. The quantitative estimate of drug-likeness (QED) is 0.459. The van der Waals surface area contributed by atoms with Gasteiger partial charge in [0.1, 0.15) is 13.2 Å². The summed E-state index contributed by atoms with van der Waals surface area (Å²) in [6, 6.07) is 7.39. The molecule has 0 spiro atoms. The number of allylic oxidation sites excluding steroid dienone is 2. The zero-order chi connectivity index (χ0) is 16.4. The number of imide groups is 1. The summed E-state index contributed by atoms with van der Waals surface area (Å²) in [5.74, 6) is -1.71. The van der Waals surface area contributed by atoms with Crippen LogP contribution in [0.25, 0.3) is 0 Å². The average Bonchev–Trinajstić information content (AvgIpc) is 2.80. The van der Waals surface area contributed by atoms with Gasteiger partial charge in [-0.25, -0.2) is 0 Å². The molecule has 1 aliphatic carbocycles. The van der Waals surface area contributed by atoms with Gasteiger partial charge < -0.3 is 4.74 Å². The van der Waals surface area contributed by atoms with E-state index in [1.165, 1.54) is 0 Å². The molecule has 23 heavy (non-hydrogen) atoms. The first-order valence-corrected chi connectivity index (χ1v) is 8.26. The highest BCUT2D eigenvalue weighted by atomic mass is 79.9. The second kappa shape index (κ2) is 6.66. The van der Waals surface area contributed by atoms with Gasteiger partial charge in [-0.15, -0.1) is 0 Å².